The first kappa shape index (κ1) is 12.9. The highest BCUT2D eigenvalue weighted by Gasteiger charge is 2.67. The van der Waals surface area contributed by atoms with Crippen LogP contribution in [0.5, 0.6) is 0 Å². The second-order valence-electron chi connectivity index (χ2n) is 6.84. The third kappa shape index (κ3) is 1.86. The van der Waals surface area contributed by atoms with Crippen molar-refractivity contribution in [3.05, 3.63) is 12.2 Å². The lowest BCUT2D eigenvalue weighted by Gasteiger charge is -2.23. The Hall–Kier alpha value is -1.12. The van der Waals surface area contributed by atoms with E-state index in [1.54, 1.807) is 0 Å². The quantitative estimate of drug-likeness (QED) is 0.498. The molecule has 0 N–H and O–H groups in total. The van der Waals surface area contributed by atoms with Gasteiger partial charge in [0.1, 0.15) is 11.9 Å². The van der Waals surface area contributed by atoms with E-state index in [2.05, 4.69) is 13.5 Å². The summed E-state index contributed by atoms with van der Waals surface area (Å²) in [7, 11) is 0. The molecule has 0 aromatic heterocycles. The fraction of sp³-hybridized carbons (Fsp3) is 0.750. The monoisotopic (exact) mass is 262 g/mol. The average Bonchev–Trinajstić information content (AvgIpc) is 2.76. The highest BCUT2D eigenvalue weighted by molar-refractivity contribution is 6.05. The van der Waals surface area contributed by atoms with Gasteiger partial charge in [0.05, 0.1) is 5.92 Å². The van der Waals surface area contributed by atoms with E-state index < -0.39 is 0 Å². The van der Waals surface area contributed by atoms with E-state index in [0.29, 0.717) is 17.3 Å². The first-order valence-electron chi connectivity index (χ1n) is 7.39. The van der Waals surface area contributed by atoms with Gasteiger partial charge in [0.2, 0.25) is 0 Å². The third-order valence-electron chi connectivity index (χ3n) is 5.49. The van der Waals surface area contributed by atoms with Gasteiger partial charge < -0.3 is 4.74 Å². The van der Waals surface area contributed by atoms with E-state index in [1.165, 1.54) is 6.42 Å². The molecule has 3 fully saturated rings. The molecule has 1 unspecified atom stereocenters. The van der Waals surface area contributed by atoms with Crippen molar-refractivity contribution in [2.75, 3.05) is 0 Å². The molecule has 0 spiro atoms. The summed E-state index contributed by atoms with van der Waals surface area (Å²) in [6.07, 6.45) is 5.00. The molecule has 1 aliphatic heterocycles. The molecular formula is C16H22O3. The van der Waals surface area contributed by atoms with Gasteiger partial charge in [-0.2, -0.15) is 0 Å². The lowest BCUT2D eigenvalue weighted by molar-refractivity contribution is -0.140. The van der Waals surface area contributed by atoms with Crippen molar-refractivity contribution in [3.8, 4) is 0 Å². The number of rotatable bonds is 0. The minimum atomic E-state index is -0.288. The van der Waals surface area contributed by atoms with E-state index >= 15 is 0 Å². The molecule has 3 heteroatoms. The van der Waals surface area contributed by atoms with Crippen LogP contribution >= 0.6 is 0 Å². The molecule has 0 radical (unpaired) electrons. The Bertz CT molecular complexity index is 453. The van der Waals surface area contributed by atoms with Crippen molar-refractivity contribution in [1.82, 2.24) is 0 Å². The summed E-state index contributed by atoms with van der Waals surface area (Å²) in [4.78, 5) is 23.9. The van der Waals surface area contributed by atoms with Gasteiger partial charge in [-0.25, -0.2) is 4.79 Å². The Kier molecular flexibility index (Phi) is 2.84. The van der Waals surface area contributed by atoms with Crippen LogP contribution in [0.25, 0.3) is 0 Å². The van der Waals surface area contributed by atoms with Crippen molar-refractivity contribution < 1.29 is 14.3 Å². The van der Waals surface area contributed by atoms with Crippen LogP contribution in [0.1, 0.15) is 46.0 Å². The zero-order valence-electron chi connectivity index (χ0n) is 11.8. The van der Waals surface area contributed by atoms with Crippen LogP contribution in [0.4, 0.5) is 0 Å². The maximum Gasteiger partial charge on any atom is 0.334 e. The normalized spacial score (nSPS) is 46.3. The molecule has 2 aliphatic carbocycles. The second kappa shape index (κ2) is 4.19. The standard InChI is InChI=1S/C16H22O3/c1-9-5-4-8-16(3)12(14(16)17)13-11(7-6-9)10(2)15(18)19-13/h9,11-13H,2,4-8H2,1,3H3/t9?,11-,12+,13-,16+/m0/s1. The molecule has 3 rings (SSSR count). The SMILES string of the molecule is C=C1C(=O)O[C@H]2[C@H]1CCC(C)CCC[C@@]1(C)C(=O)[C@@H]21. The molecule has 2 saturated carbocycles. The van der Waals surface area contributed by atoms with Gasteiger partial charge in [-0.1, -0.05) is 33.3 Å². The van der Waals surface area contributed by atoms with E-state index in [0.717, 1.165) is 25.7 Å². The Morgan fingerprint density at radius 1 is 1.26 bits per heavy atom. The molecule has 1 saturated heterocycles. The van der Waals surface area contributed by atoms with Gasteiger partial charge in [-0.05, 0) is 25.2 Å². The Labute approximate surface area is 114 Å². The van der Waals surface area contributed by atoms with E-state index in [1.807, 2.05) is 6.92 Å². The number of hydrogen-bond acceptors (Lipinski definition) is 3. The van der Waals surface area contributed by atoms with Gasteiger partial charge in [-0.15, -0.1) is 0 Å². The Morgan fingerprint density at radius 3 is 2.74 bits per heavy atom. The number of ketones is 1. The predicted molar refractivity (Wildman–Crippen MR) is 71.4 cm³/mol. The smallest absolute Gasteiger partial charge is 0.334 e. The molecule has 104 valence electrons. The van der Waals surface area contributed by atoms with Gasteiger partial charge in [0, 0.05) is 16.9 Å². The van der Waals surface area contributed by atoms with Crippen molar-refractivity contribution in [1.29, 1.82) is 0 Å². The lowest BCUT2D eigenvalue weighted by Crippen LogP contribution is -2.24. The average molecular weight is 262 g/mol. The van der Waals surface area contributed by atoms with Crippen LogP contribution in [-0.2, 0) is 14.3 Å². The first-order chi connectivity index (χ1) is 8.95. The molecule has 1 heterocycles. The van der Waals surface area contributed by atoms with Crippen molar-refractivity contribution in [2.45, 2.75) is 52.1 Å². The van der Waals surface area contributed by atoms with Crippen LogP contribution in [0.3, 0.4) is 0 Å². The van der Waals surface area contributed by atoms with Crippen molar-refractivity contribution in [3.63, 3.8) is 0 Å². The number of hydrogen-bond donors (Lipinski definition) is 0. The Morgan fingerprint density at radius 2 is 2.00 bits per heavy atom. The van der Waals surface area contributed by atoms with Crippen LogP contribution in [0.2, 0.25) is 0 Å². The molecular weight excluding hydrogens is 240 g/mol. The van der Waals surface area contributed by atoms with Gasteiger partial charge in [-0.3, -0.25) is 4.79 Å². The van der Waals surface area contributed by atoms with Crippen molar-refractivity contribution in [2.24, 2.45) is 23.2 Å². The summed E-state index contributed by atoms with van der Waals surface area (Å²) < 4.78 is 5.47. The zero-order chi connectivity index (χ0) is 13.8. The van der Waals surface area contributed by atoms with Crippen LogP contribution in [0.15, 0.2) is 12.2 Å². The molecule has 0 aromatic carbocycles. The summed E-state index contributed by atoms with van der Waals surface area (Å²) in [6.45, 7) is 8.18. The molecule has 0 amide bonds. The summed E-state index contributed by atoms with van der Waals surface area (Å²) in [5.41, 5.74) is 0.338. The van der Waals surface area contributed by atoms with Crippen LogP contribution < -0.4 is 0 Å². The Balaban J connectivity index is 1.88. The highest BCUT2D eigenvalue weighted by Crippen LogP contribution is 2.58. The van der Waals surface area contributed by atoms with E-state index in [4.69, 9.17) is 4.74 Å². The maximum atomic E-state index is 12.2. The highest BCUT2D eigenvalue weighted by atomic mass is 16.6. The summed E-state index contributed by atoms with van der Waals surface area (Å²) >= 11 is 0. The number of Topliss-reactive ketones (excluding diaryl/α,β-unsaturated/α-hetero) is 1. The molecule has 0 bridgehead atoms. The van der Waals surface area contributed by atoms with Gasteiger partial charge in [0.25, 0.3) is 0 Å². The second-order valence-corrected chi connectivity index (χ2v) is 6.84. The predicted octanol–water partition coefficient (Wildman–Crippen LogP) is 2.89. The molecule has 5 atom stereocenters. The van der Waals surface area contributed by atoms with Crippen molar-refractivity contribution >= 4 is 11.8 Å². The molecule has 19 heavy (non-hydrogen) atoms. The first-order valence-corrected chi connectivity index (χ1v) is 7.39. The minimum absolute atomic E-state index is 0.0591. The van der Waals surface area contributed by atoms with Crippen LogP contribution in [-0.4, -0.2) is 17.9 Å². The zero-order valence-corrected chi connectivity index (χ0v) is 11.8. The summed E-state index contributed by atoms with van der Waals surface area (Å²) in [6, 6.07) is 0. The van der Waals surface area contributed by atoms with E-state index in [9.17, 15) is 9.59 Å². The summed E-state index contributed by atoms with van der Waals surface area (Å²) in [5.74, 6) is 0.639. The topological polar surface area (TPSA) is 43.4 Å². The van der Waals surface area contributed by atoms with Gasteiger partial charge >= 0.3 is 5.97 Å². The molecule has 0 aromatic rings. The number of esters is 1. The van der Waals surface area contributed by atoms with Crippen LogP contribution in [0, 0.1) is 23.2 Å². The fourth-order valence-corrected chi connectivity index (χ4v) is 3.96. The number of ether oxygens (including phenoxy) is 1. The summed E-state index contributed by atoms with van der Waals surface area (Å²) in [5, 5.41) is 0. The maximum absolute atomic E-state index is 12.2. The lowest BCUT2D eigenvalue weighted by atomic mass is 9.81. The minimum Gasteiger partial charge on any atom is -0.458 e. The van der Waals surface area contributed by atoms with E-state index in [-0.39, 0.29) is 29.3 Å². The molecule has 3 nitrogen and oxygen atoms in total. The fourth-order valence-electron chi connectivity index (χ4n) is 3.96. The largest absolute Gasteiger partial charge is 0.458 e. The number of carbonyl (C=O) groups is 2. The molecule has 3 aliphatic rings. The number of carbonyl (C=O) groups excluding carboxylic acids is 2. The number of fused-ring (bicyclic) bond motifs is 3. The van der Waals surface area contributed by atoms with Gasteiger partial charge in [0.15, 0.2) is 0 Å². The third-order valence-corrected chi connectivity index (χ3v) is 5.49.